The van der Waals surface area contributed by atoms with Gasteiger partial charge in [-0.25, -0.2) is 0 Å². The molecule has 10 nitrogen and oxygen atoms in total. The second kappa shape index (κ2) is 17.3. The van der Waals surface area contributed by atoms with Gasteiger partial charge >= 0.3 is 0 Å². The Morgan fingerprint density at radius 2 is 1.29 bits per heavy atom. The molecule has 0 bridgehead atoms. The number of epoxide rings is 1. The van der Waals surface area contributed by atoms with Crippen LogP contribution in [0.4, 0.5) is 0 Å². The maximum atomic E-state index is 5.75. The molecular weight excluding hydrogens is 521 g/mol. The summed E-state index contributed by atoms with van der Waals surface area (Å²) in [5.74, 6) is 0.874. The normalized spacial score (nSPS) is 19.2. The lowest BCUT2D eigenvalue weighted by molar-refractivity contribution is 0.263. The van der Waals surface area contributed by atoms with Gasteiger partial charge in [-0.3, -0.25) is 0 Å². The zero-order valence-electron chi connectivity index (χ0n) is 16.0. The lowest BCUT2D eigenvalue weighted by atomic mass is 10.3. The van der Waals surface area contributed by atoms with E-state index in [1.54, 1.807) is 0 Å². The number of hydrogen-bond acceptors (Lipinski definition) is 10. The molecule has 1 unspecified atom stereocenters. The molecule has 2 rings (SSSR count). The molecule has 160 valence electrons. The Kier molecular flexibility index (Phi) is 15.4. The molecule has 0 amide bonds. The van der Waals surface area contributed by atoms with E-state index in [4.69, 9.17) is 42.4 Å². The van der Waals surface area contributed by atoms with E-state index in [1.165, 1.54) is 5.19 Å². The number of benzene rings is 1. The van der Waals surface area contributed by atoms with Gasteiger partial charge in [0.1, 0.15) is 28.9 Å². The number of ether oxygens (including phenoxy) is 2. The van der Waals surface area contributed by atoms with Gasteiger partial charge in [-0.2, -0.15) is 0 Å². The molecule has 1 saturated heterocycles. The molecule has 1 atom stereocenters. The Hall–Kier alpha value is 0.612. The minimum absolute atomic E-state index is 0.279. The first-order valence-electron chi connectivity index (χ1n) is 8.75. The largest absolute Gasteiger partial charge is 0.491 e. The molecule has 1 aliphatic rings. The van der Waals surface area contributed by atoms with Crippen LogP contribution in [0.15, 0.2) is 24.3 Å². The van der Waals surface area contributed by atoms with Gasteiger partial charge in [-0.05, 0) is 17.3 Å². The summed E-state index contributed by atoms with van der Waals surface area (Å²) in [6.07, 6.45) is 0.279. The van der Waals surface area contributed by atoms with E-state index >= 15 is 0 Å². The van der Waals surface area contributed by atoms with Crippen LogP contribution < -0.4 is 9.92 Å². The molecule has 19 heteroatoms. The molecule has 0 N–H and O–H groups in total. The fourth-order valence-corrected chi connectivity index (χ4v) is 16.5. The second-order valence-corrected chi connectivity index (χ2v) is 22.1. The van der Waals surface area contributed by atoms with Crippen LogP contribution in [0, 0.1) is 0 Å². The van der Waals surface area contributed by atoms with Crippen molar-refractivity contribution in [1.82, 2.24) is 0 Å². The topological polar surface area (TPSA) is 95.6 Å². The first-order chi connectivity index (χ1) is 13.9. The minimum Gasteiger partial charge on any atom is -0.491 e. The van der Waals surface area contributed by atoms with Crippen LogP contribution in [0.5, 0.6) is 5.75 Å². The van der Waals surface area contributed by atoms with E-state index in [0.717, 1.165) is 22.8 Å². The fourth-order valence-electron chi connectivity index (χ4n) is 1.84. The summed E-state index contributed by atoms with van der Waals surface area (Å²) in [4.78, 5) is 0. The van der Waals surface area contributed by atoms with Crippen molar-refractivity contribution in [2.45, 2.75) is 6.10 Å². The van der Waals surface area contributed by atoms with Gasteiger partial charge in [0.2, 0.25) is 0 Å². The van der Waals surface area contributed by atoms with Crippen molar-refractivity contribution in [3.63, 3.8) is 0 Å². The lowest BCUT2D eigenvalue weighted by Crippen LogP contribution is -2.23. The second-order valence-electron chi connectivity index (χ2n) is 5.60. The van der Waals surface area contributed by atoms with E-state index in [9.17, 15) is 0 Å². The van der Waals surface area contributed by atoms with Gasteiger partial charge in [0.25, 0.3) is 70.0 Å². The Bertz CT molecular complexity index is 498. The predicted molar refractivity (Wildman–Crippen MR) is 128 cm³/mol. The smallest absolute Gasteiger partial charge is 0.286 e. The Labute approximate surface area is 186 Å². The maximum absolute atomic E-state index is 5.75. The van der Waals surface area contributed by atoms with Crippen LogP contribution in [0.3, 0.4) is 0 Å². The third-order valence-electron chi connectivity index (χ3n) is 3.23. The van der Waals surface area contributed by atoms with E-state index in [-0.39, 0.29) is 6.10 Å². The molecule has 0 spiro atoms. The van der Waals surface area contributed by atoms with Crippen molar-refractivity contribution >= 4 is 95.5 Å². The summed E-state index contributed by atoms with van der Waals surface area (Å²) >= 11 is 0. The standard InChI is InChI=1S/C9H28O10Si9/c20-12-22-14-24-16-26-18-28-19-27-17-25-15-23-13-21-9-3-1-7(2-4-9)10-5-8-6-11-8/h1-4,8H,5-6,21-28H2,20H3. The average Bonchev–Trinajstić information content (AvgIpc) is 3.55. The highest BCUT2D eigenvalue weighted by Crippen LogP contribution is 2.13. The molecule has 1 heterocycles. The molecule has 28 heavy (non-hydrogen) atoms. The summed E-state index contributed by atoms with van der Waals surface area (Å²) < 4.78 is 54.1. The molecule has 0 aromatic heterocycles. The minimum atomic E-state index is -0.966. The highest BCUT2D eigenvalue weighted by atomic mass is 28.4. The molecule has 1 aliphatic heterocycles. The summed E-state index contributed by atoms with van der Waals surface area (Å²) in [6, 6.07) is 8.09. The van der Waals surface area contributed by atoms with Crippen molar-refractivity contribution in [1.29, 1.82) is 0 Å². The molecule has 0 aliphatic carbocycles. The van der Waals surface area contributed by atoms with E-state index < -0.39 is 79.8 Å². The molecule has 1 aromatic rings. The third-order valence-corrected chi connectivity index (χ3v) is 14.5. The Balaban J connectivity index is 1.31. The van der Waals surface area contributed by atoms with Gasteiger partial charge in [0, 0.05) is 0 Å². The van der Waals surface area contributed by atoms with Gasteiger partial charge in [0.15, 0.2) is 9.76 Å². The number of hydrogen-bond donors (Lipinski definition) is 0. The summed E-state index contributed by atoms with van der Waals surface area (Å²) in [6.45, 7) is 1.44. The zero-order chi connectivity index (χ0) is 19.7. The van der Waals surface area contributed by atoms with E-state index in [0.29, 0.717) is 6.61 Å². The Morgan fingerprint density at radius 3 is 1.79 bits per heavy atom. The van der Waals surface area contributed by atoms with Gasteiger partial charge in [0.05, 0.1) is 6.61 Å². The van der Waals surface area contributed by atoms with Crippen molar-refractivity contribution in [2.75, 3.05) is 13.2 Å². The summed E-state index contributed by atoms with van der Waals surface area (Å²) in [5, 5.41) is 1.24. The average molecular weight is 549 g/mol. The highest BCUT2D eigenvalue weighted by molar-refractivity contribution is 6.54. The van der Waals surface area contributed by atoms with Crippen LogP contribution in [-0.4, -0.2) is 110 Å². The van der Waals surface area contributed by atoms with E-state index in [2.05, 4.69) is 12.1 Å². The molecule has 1 aromatic carbocycles. The fraction of sp³-hybridized carbons (Fsp3) is 0.333. The van der Waals surface area contributed by atoms with Crippen LogP contribution in [0.1, 0.15) is 0 Å². The summed E-state index contributed by atoms with van der Waals surface area (Å²) in [5.41, 5.74) is 0. The monoisotopic (exact) mass is 548 g/mol. The molecule has 0 radical (unpaired) electrons. The van der Waals surface area contributed by atoms with E-state index in [1.807, 2.05) is 12.1 Å². The first kappa shape index (κ1) is 24.9. The number of rotatable bonds is 19. The molecule has 1 fully saturated rings. The van der Waals surface area contributed by atoms with Crippen molar-refractivity contribution < 1.29 is 42.4 Å². The first-order valence-corrected chi connectivity index (χ1v) is 18.9. The summed E-state index contributed by atoms with van der Waals surface area (Å²) in [7, 11) is -6.35. The predicted octanol–water partition coefficient (Wildman–Crippen LogP) is -8.42. The lowest BCUT2D eigenvalue weighted by Gasteiger charge is -2.09. The molecule has 0 saturated carbocycles. The van der Waals surface area contributed by atoms with Crippen LogP contribution in [0.2, 0.25) is 0 Å². The van der Waals surface area contributed by atoms with Gasteiger partial charge < -0.3 is 42.4 Å². The van der Waals surface area contributed by atoms with Gasteiger partial charge in [-0.1, -0.05) is 12.1 Å². The maximum Gasteiger partial charge on any atom is 0.286 e. The Morgan fingerprint density at radius 1 is 0.786 bits per heavy atom. The van der Waals surface area contributed by atoms with Crippen LogP contribution >= 0.6 is 0 Å². The van der Waals surface area contributed by atoms with Crippen molar-refractivity contribution in [3.8, 4) is 5.75 Å². The van der Waals surface area contributed by atoms with Gasteiger partial charge in [-0.15, -0.1) is 0 Å². The molecular formula is C9H28O10Si9. The SMILES string of the molecule is [SiH3]O[SiH2]O[SiH2]O[SiH2]O[SiH2]O[SiH2]O[SiH2]O[SiH2]O[SiH2]c1ccc(OCC2CO2)cc1. The highest BCUT2D eigenvalue weighted by Gasteiger charge is 2.22. The van der Waals surface area contributed by atoms with Crippen LogP contribution in [0.25, 0.3) is 0 Å². The van der Waals surface area contributed by atoms with Crippen molar-refractivity contribution in [3.05, 3.63) is 24.3 Å². The third kappa shape index (κ3) is 13.8. The quantitative estimate of drug-likeness (QED) is 0.0942. The zero-order valence-corrected chi connectivity index (χ0v) is 29.4. The van der Waals surface area contributed by atoms with Crippen molar-refractivity contribution in [2.24, 2.45) is 0 Å². The van der Waals surface area contributed by atoms with Crippen LogP contribution in [-0.2, 0) is 37.7 Å².